The van der Waals surface area contributed by atoms with E-state index in [0.29, 0.717) is 22.9 Å². The molecule has 0 aliphatic heterocycles. The Labute approximate surface area is 161 Å². The normalized spacial score (nSPS) is 10.7. The van der Waals surface area contributed by atoms with Gasteiger partial charge in [-0.25, -0.2) is 4.79 Å². The summed E-state index contributed by atoms with van der Waals surface area (Å²) < 4.78 is 6.39. The van der Waals surface area contributed by atoms with Gasteiger partial charge in [0.05, 0.1) is 10.9 Å². The molecule has 4 aromatic rings. The molecule has 1 aromatic heterocycles. The highest BCUT2D eigenvalue weighted by Gasteiger charge is 2.14. The van der Waals surface area contributed by atoms with Gasteiger partial charge in [0.1, 0.15) is 5.52 Å². The van der Waals surface area contributed by atoms with Crippen molar-refractivity contribution in [3.8, 4) is 0 Å². The van der Waals surface area contributed by atoms with Crippen molar-refractivity contribution in [2.45, 2.75) is 13.2 Å². The number of fused-ring (bicyclic) bond motifs is 1. The second-order valence-electron chi connectivity index (χ2n) is 6.29. The van der Waals surface area contributed by atoms with Gasteiger partial charge in [-0.15, -0.1) is 5.10 Å². The summed E-state index contributed by atoms with van der Waals surface area (Å²) in [4.78, 5) is 25.1. The first-order chi connectivity index (χ1) is 13.7. The van der Waals surface area contributed by atoms with Gasteiger partial charge in [-0.3, -0.25) is 4.79 Å². The number of ether oxygens (including phenoxy) is 1. The van der Waals surface area contributed by atoms with E-state index < -0.39 is 5.97 Å². The first kappa shape index (κ1) is 17.6. The van der Waals surface area contributed by atoms with E-state index in [1.54, 1.807) is 36.4 Å². The minimum Gasteiger partial charge on any atom is -0.439 e. The molecule has 0 saturated carbocycles. The van der Waals surface area contributed by atoms with Crippen molar-refractivity contribution >= 4 is 16.9 Å². The number of carbonyl (C=O) groups is 1. The Balaban J connectivity index is 1.53. The van der Waals surface area contributed by atoms with Gasteiger partial charge in [-0.2, -0.15) is 4.68 Å². The Morgan fingerprint density at radius 3 is 2.46 bits per heavy atom. The molecular formula is C22H17N3O3. The number of carbonyl (C=O) groups excluding carboxylic acids is 1. The predicted molar refractivity (Wildman–Crippen MR) is 105 cm³/mol. The first-order valence-corrected chi connectivity index (χ1v) is 8.84. The Morgan fingerprint density at radius 2 is 1.61 bits per heavy atom. The Kier molecular flexibility index (Phi) is 4.93. The average Bonchev–Trinajstić information content (AvgIpc) is 2.74. The van der Waals surface area contributed by atoms with Gasteiger partial charge in [0, 0.05) is 0 Å². The molecule has 6 heteroatoms. The van der Waals surface area contributed by atoms with E-state index in [0.717, 1.165) is 15.8 Å². The number of aromatic nitrogens is 3. The summed E-state index contributed by atoms with van der Waals surface area (Å²) in [6, 6.07) is 24.1. The third-order valence-corrected chi connectivity index (χ3v) is 4.42. The standard InChI is InChI=1S/C22H17N3O3/c26-21-19-12-6-7-13-20(19)23-24-25(21)15-28-22(27)18-11-5-4-10-17(18)14-16-8-2-1-3-9-16/h1-13H,14-15H2. The zero-order valence-electron chi connectivity index (χ0n) is 15.0. The third-order valence-electron chi connectivity index (χ3n) is 4.42. The molecule has 0 unspecified atom stereocenters. The van der Waals surface area contributed by atoms with Crippen LogP contribution in [0.1, 0.15) is 21.5 Å². The Bertz CT molecular complexity index is 1190. The van der Waals surface area contributed by atoms with Gasteiger partial charge >= 0.3 is 5.97 Å². The summed E-state index contributed by atoms with van der Waals surface area (Å²) in [6.45, 7) is -0.296. The number of hydrogen-bond acceptors (Lipinski definition) is 5. The van der Waals surface area contributed by atoms with Crippen LogP contribution in [0, 0.1) is 0 Å². The summed E-state index contributed by atoms with van der Waals surface area (Å²) in [5.74, 6) is -0.506. The average molecular weight is 371 g/mol. The van der Waals surface area contributed by atoms with Gasteiger partial charge in [0.25, 0.3) is 5.56 Å². The molecule has 1 heterocycles. The smallest absolute Gasteiger partial charge is 0.340 e. The van der Waals surface area contributed by atoms with Crippen LogP contribution in [-0.2, 0) is 17.9 Å². The van der Waals surface area contributed by atoms with Gasteiger partial charge in [-0.05, 0) is 35.7 Å². The van der Waals surface area contributed by atoms with Crippen LogP contribution in [-0.4, -0.2) is 21.0 Å². The molecule has 0 N–H and O–H groups in total. The van der Waals surface area contributed by atoms with E-state index in [1.807, 2.05) is 42.5 Å². The molecule has 0 bridgehead atoms. The van der Waals surface area contributed by atoms with Crippen LogP contribution in [0.5, 0.6) is 0 Å². The summed E-state index contributed by atoms with van der Waals surface area (Å²) in [5, 5.41) is 8.26. The van der Waals surface area contributed by atoms with Crippen molar-refractivity contribution in [1.82, 2.24) is 15.0 Å². The molecule has 4 rings (SSSR count). The van der Waals surface area contributed by atoms with Crippen molar-refractivity contribution < 1.29 is 9.53 Å². The maximum absolute atomic E-state index is 12.6. The fraction of sp³-hybridized carbons (Fsp3) is 0.0909. The maximum atomic E-state index is 12.6. The second kappa shape index (κ2) is 7.84. The lowest BCUT2D eigenvalue weighted by molar-refractivity contribution is 0.0335. The molecule has 0 spiro atoms. The van der Waals surface area contributed by atoms with Crippen LogP contribution in [0.3, 0.4) is 0 Å². The van der Waals surface area contributed by atoms with Crippen LogP contribution < -0.4 is 5.56 Å². The lowest BCUT2D eigenvalue weighted by Gasteiger charge is -2.10. The lowest BCUT2D eigenvalue weighted by Crippen LogP contribution is -2.26. The SMILES string of the molecule is O=C(OCn1nnc2ccccc2c1=O)c1ccccc1Cc1ccccc1. The highest BCUT2D eigenvalue weighted by Crippen LogP contribution is 2.15. The molecular weight excluding hydrogens is 354 g/mol. The van der Waals surface area contributed by atoms with Crippen LogP contribution >= 0.6 is 0 Å². The van der Waals surface area contributed by atoms with E-state index in [1.165, 1.54) is 0 Å². The molecule has 0 saturated heterocycles. The highest BCUT2D eigenvalue weighted by atomic mass is 16.5. The van der Waals surface area contributed by atoms with E-state index >= 15 is 0 Å². The number of rotatable bonds is 5. The molecule has 3 aromatic carbocycles. The number of benzene rings is 3. The van der Waals surface area contributed by atoms with Gasteiger partial charge in [0.15, 0.2) is 6.73 Å². The zero-order chi connectivity index (χ0) is 19.3. The fourth-order valence-electron chi connectivity index (χ4n) is 2.99. The molecule has 6 nitrogen and oxygen atoms in total. The predicted octanol–water partition coefficient (Wildman–Crippen LogP) is 3.20. The van der Waals surface area contributed by atoms with E-state index in [-0.39, 0.29) is 12.3 Å². The summed E-state index contributed by atoms with van der Waals surface area (Å²) in [7, 11) is 0. The van der Waals surface area contributed by atoms with Crippen molar-refractivity contribution in [3.05, 3.63) is 106 Å². The minimum absolute atomic E-state index is 0.296. The second-order valence-corrected chi connectivity index (χ2v) is 6.29. The van der Waals surface area contributed by atoms with Gasteiger partial charge in [-0.1, -0.05) is 65.9 Å². The third kappa shape index (κ3) is 3.66. The minimum atomic E-state index is -0.506. The van der Waals surface area contributed by atoms with Crippen molar-refractivity contribution in [1.29, 1.82) is 0 Å². The van der Waals surface area contributed by atoms with Crippen molar-refractivity contribution in [2.24, 2.45) is 0 Å². The van der Waals surface area contributed by atoms with E-state index in [4.69, 9.17) is 4.74 Å². The monoisotopic (exact) mass is 371 g/mol. The summed E-state index contributed by atoms with van der Waals surface area (Å²) in [5.41, 5.74) is 2.57. The summed E-state index contributed by atoms with van der Waals surface area (Å²) >= 11 is 0. The molecule has 0 atom stereocenters. The first-order valence-electron chi connectivity index (χ1n) is 8.84. The quantitative estimate of drug-likeness (QED) is 0.504. The molecule has 28 heavy (non-hydrogen) atoms. The van der Waals surface area contributed by atoms with Crippen LogP contribution in [0.15, 0.2) is 83.7 Å². The fourth-order valence-corrected chi connectivity index (χ4v) is 2.99. The molecule has 0 aliphatic rings. The van der Waals surface area contributed by atoms with Gasteiger partial charge < -0.3 is 4.74 Å². The van der Waals surface area contributed by atoms with Crippen LogP contribution in [0.25, 0.3) is 10.9 Å². The van der Waals surface area contributed by atoms with Crippen molar-refractivity contribution in [3.63, 3.8) is 0 Å². The van der Waals surface area contributed by atoms with Crippen LogP contribution in [0.2, 0.25) is 0 Å². The Morgan fingerprint density at radius 1 is 0.893 bits per heavy atom. The van der Waals surface area contributed by atoms with Crippen molar-refractivity contribution in [2.75, 3.05) is 0 Å². The molecule has 0 fully saturated rings. The summed E-state index contributed by atoms with van der Waals surface area (Å²) in [6.07, 6.45) is 0.613. The number of hydrogen-bond donors (Lipinski definition) is 0. The van der Waals surface area contributed by atoms with Crippen LogP contribution in [0.4, 0.5) is 0 Å². The highest BCUT2D eigenvalue weighted by molar-refractivity contribution is 5.91. The van der Waals surface area contributed by atoms with E-state index in [2.05, 4.69) is 10.3 Å². The molecule has 0 radical (unpaired) electrons. The maximum Gasteiger partial charge on any atom is 0.340 e. The molecule has 138 valence electrons. The Hall–Kier alpha value is -3.80. The van der Waals surface area contributed by atoms with Gasteiger partial charge in [0.2, 0.25) is 0 Å². The number of nitrogens with zero attached hydrogens (tertiary/aromatic N) is 3. The zero-order valence-corrected chi connectivity index (χ0v) is 15.0. The molecule has 0 aliphatic carbocycles. The number of esters is 1. The van der Waals surface area contributed by atoms with E-state index in [9.17, 15) is 9.59 Å². The topological polar surface area (TPSA) is 74.1 Å². The molecule has 0 amide bonds. The largest absolute Gasteiger partial charge is 0.439 e. The lowest BCUT2D eigenvalue weighted by atomic mass is 10.00.